The lowest BCUT2D eigenvalue weighted by Gasteiger charge is -1.98. The van der Waals surface area contributed by atoms with Gasteiger partial charge in [0.15, 0.2) is 0 Å². The molecule has 0 radical (unpaired) electrons. The van der Waals surface area contributed by atoms with E-state index >= 15 is 0 Å². The molecule has 0 atom stereocenters. The van der Waals surface area contributed by atoms with Crippen LogP contribution in [0, 0.1) is 6.92 Å². The number of fused-ring (bicyclic) bond motifs is 1. The van der Waals surface area contributed by atoms with E-state index in [0.717, 1.165) is 6.54 Å². The summed E-state index contributed by atoms with van der Waals surface area (Å²) in [4.78, 5) is 0. The quantitative estimate of drug-likeness (QED) is 0.627. The van der Waals surface area contributed by atoms with Crippen LogP contribution in [0.25, 0.3) is 16.8 Å². The lowest BCUT2D eigenvalue weighted by molar-refractivity contribution is 0.792. The van der Waals surface area contributed by atoms with Crippen molar-refractivity contribution in [3.05, 3.63) is 54.5 Å². The smallest absolute Gasteiger partial charge is 0.117 e. The van der Waals surface area contributed by atoms with Gasteiger partial charge >= 0.3 is 0 Å². The van der Waals surface area contributed by atoms with Gasteiger partial charge in [-0.2, -0.15) is 0 Å². The van der Waals surface area contributed by atoms with Crippen molar-refractivity contribution in [1.29, 1.82) is 0 Å². The Morgan fingerprint density at radius 3 is 2.47 bits per heavy atom. The van der Waals surface area contributed by atoms with Crippen molar-refractivity contribution < 1.29 is 0 Å². The molecular weight excluding hydrogens is 208 g/mol. The number of benzene rings is 1. The molecule has 0 aliphatic rings. The number of aromatic nitrogens is 2. The minimum Gasteiger partial charge on any atom is -0.333 e. The van der Waals surface area contributed by atoms with Crippen molar-refractivity contribution in [2.75, 3.05) is 0 Å². The van der Waals surface area contributed by atoms with Crippen LogP contribution in [0.2, 0.25) is 0 Å². The van der Waals surface area contributed by atoms with Crippen LogP contribution < -0.4 is 0 Å². The Bertz CT molecular complexity index is 641. The van der Waals surface area contributed by atoms with Crippen LogP contribution in [-0.4, -0.2) is 8.97 Å². The third-order valence-corrected chi connectivity index (χ3v) is 3.25. The van der Waals surface area contributed by atoms with Crippen LogP contribution in [-0.2, 0) is 6.54 Å². The Kier molecular flexibility index (Phi) is 2.29. The van der Waals surface area contributed by atoms with Crippen LogP contribution in [0.5, 0.6) is 0 Å². The fourth-order valence-electron chi connectivity index (χ4n) is 2.22. The van der Waals surface area contributed by atoms with Crippen LogP contribution >= 0.6 is 0 Å². The molecule has 86 valence electrons. The van der Waals surface area contributed by atoms with E-state index in [4.69, 9.17) is 0 Å². The van der Waals surface area contributed by atoms with E-state index in [9.17, 15) is 0 Å². The van der Waals surface area contributed by atoms with Gasteiger partial charge < -0.3 is 8.97 Å². The first-order chi connectivity index (χ1) is 8.28. The van der Waals surface area contributed by atoms with Crippen LogP contribution in [0.4, 0.5) is 0 Å². The topological polar surface area (TPSA) is 9.34 Å². The molecule has 0 aliphatic carbocycles. The standard InChI is InChI=1S/C15H16N2/c1-3-16-8-9-17-11-14(10-15(16)17)13-6-4-12(2)5-7-13/h4-11H,3H2,1-2H3. The molecule has 2 heteroatoms. The number of rotatable bonds is 2. The molecule has 0 saturated heterocycles. The number of aryl methyl sites for hydroxylation is 2. The minimum atomic E-state index is 1.01. The largest absolute Gasteiger partial charge is 0.333 e. The monoisotopic (exact) mass is 224 g/mol. The molecule has 17 heavy (non-hydrogen) atoms. The zero-order valence-electron chi connectivity index (χ0n) is 10.2. The maximum absolute atomic E-state index is 2.25. The van der Waals surface area contributed by atoms with Gasteiger partial charge in [-0.3, -0.25) is 0 Å². The maximum atomic E-state index is 2.25. The van der Waals surface area contributed by atoms with Gasteiger partial charge in [0.25, 0.3) is 0 Å². The van der Waals surface area contributed by atoms with Gasteiger partial charge in [0, 0.05) is 30.7 Å². The molecule has 0 aliphatic heterocycles. The zero-order valence-corrected chi connectivity index (χ0v) is 10.2. The maximum Gasteiger partial charge on any atom is 0.117 e. The molecule has 2 aromatic heterocycles. The molecule has 0 spiro atoms. The average Bonchev–Trinajstić information content (AvgIpc) is 2.89. The number of hydrogen-bond donors (Lipinski definition) is 0. The van der Waals surface area contributed by atoms with Gasteiger partial charge in [0.1, 0.15) is 5.65 Å². The first kappa shape index (κ1) is 10.2. The first-order valence-corrected chi connectivity index (χ1v) is 6.02. The summed E-state index contributed by atoms with van der Waals surface area (Å²) in [6, 6.07) is 10.9. The summed E-state index contributed by atoms with van der Waals surface area (Å²) in [5, 5.41) is 0. The molecule has 0 N–H and O–H groups in total. The molecule has 3 aromatic rings. The molecule has 0 amide bonds. The van der Waals surface area contributed by atoms with Crippen molar-refractivity contribution in [3.63, 3.8) is 0 Å². The number of hydrogen-bond acceptors (Lipinski definition) is 0. The summed E-state index contributed by atoms with van der Waals surface area (Å²) < 4.78 is 4.43. The highest BCUT2D eigenvalue weighted by Crippen LogP contribution is 2.23. The molecule has 3 rings (SSSR count). The van der Waals surface area contributed by atoms with Gasteiger partial charge in [-0.1, -0.05) is 29.8 Å². The van der Waals surface area contributed by atoms with Gasteiger partial charge in [-0.05, 0) is 25.5 Å². The van der Waals surface area contributed by atoms with E-state index in [1.807, 2.05) is 0 Å². The summed E-state index contributed by atoms with van der Waals surface area (Å²) in [6.45, 7) is 5.29. The molecule has 2 heterocycles. The Morgan fingerprint density at radius 2 is 1.76 bits per heavy atom. The third-order valence-electron chi connectivity index (χ3n) is 3.25. The van der Waals surface area contributed by atoms with Crippen molar-refractivity contribution >= 4 is 5.65 Å². The average molecular weight is 224 g/mol. The van der Waals surface area contributed by atoms with Gasteiger partial charge in [-0.25, -0.2) is 0 Å². The van der Waals surface area contributed by atoms with Crippen molar-refractivity contribution in [2.45, 2.75) is 20.4 Å². The van der Waals surface area contributed by atoms with E-state index in [-0.39, 0.29) is 0 Å². The third kappa shape index (κ3) is 1.66. The van der Waals surface area contributed by atoms with E-state index in [0.29, 0.717) is 0 Å². The highest BCUT2D eigenvalue weighted by molar-refractivity contribution is 5.69. The summed E-state index contributed by atoms with van der Waals surface area (Å²) in [7, 11) is 0. The number of imidazole rings is 1. The lowest BCUT2D eigenvalue weighted by atomic mass is 10.1. The predicted octanol–water partition coefficient (Wildman–Crippen LogP) is 3.74. The summed E-state index contributed by atoms with van der Waals surface area (Å²) >= 11 is 0. The molecule has 2 nitrogen and oxygen atoms in total. The van der Waals surface area contributed by atoms with E-state index in [1.165, 1.54) is 22.3 Å². The van der Waals surface area contributed by atoms with Gasteiger partial charge in [-0.15, -0.1) is 0 Å². The van der Waals surface area contributed by atoms with Gasteiger partial charge in [0.2, 0.25) is 0 Å². The van der Waals surface area contributed by atoms with E-state index in [1.54, 1.807) is 0 Å². The molecule has 0 fully saturated rings. The molecular formula is C15H16N2. The minimum absolute atomic E-state index is 1.01. The molecule has 1 aromatic carbocycles. The van der Waals surface area contributed by atoms with Crippen molar-refractivity contribution in [3.8, 4) is 11.1 Å². The molecule has 0 saturated carbocycles. The summed E-state index contributed by atoms with van der Waals surface area (Å²) in [5.74, 6) is 0. The van der Waals surface area contributed by atoms with Crippen LogP contribution in [0.3, 0.4) is 0 Å². The van der Waals surface area contributed by atoms with E-state index < -0.39 is 0 Å². The van der Waals surface area contributed by atoms with Crippen LogP contribution in [0.1, 0.15) is 12.5 Å². The summed E-state index contributed by atoms with van der Waals surface area (Å²) in [6.07, 6.45) is 6.41. The molecule has 0 bridgehead atoms. The SMILES string of the molecule is CCn1ccn2cc(-c3ccc(C)cc3)cc12. The van der Waals surface area contributed by atoms with Crippen molar-refractivity contribution in [1.82, 2.24) is 8.97 Å². The Labute approximate surface area is 101 Å². The fraction of sp³-hybridized carbons (Fsp3) is 0.200. The first-order valence-electron chi connectivity index (χ1n) is 6.02. The van der Waals surface area contributed by atoms with Crippen molar-refractivity contribution in [2.24, 2.45) is 0 Å². The highest BCUT2D eigenvalue weighted by Gasteiger charge is 2.05. The zero-order chi connectivity index (χ0) is 11.8. The second kappa shape index (κ2) is 3.81. The summed E-state index contributed by atoms with van der Waals surface area (Å²) in [5.41, 5.74) is 5.11. The predicted molar refractivity (Wildman–Crippen MR) is 71.2 cm³/mol. The Hall–Kier alpha value is -1.96. The normalized spacial score (nSPS) is 11.2. The fourth-order valence-corrected chi connectivity index (χ4v) is 2.22. The Morgan fingerprint density at radius 1 is 1.00 bits per heavy atom. The molecule has 0 unspecified atom stereocenters. The second-order valence-corrected chi connectivity index (χ2v) is 4.44. The van der Waals surface area contributed by atoms with E-state index in [2.05, 4.69) is 71.7 Å². The number of nitrogens with zero attached hydrogens (tertiary/aromatic N) is 2. The highest BCUT2D eigenvalue weighted by atomic mass is 15.1. The lowest BCUT2D eigenvalue weighted by Crippen LogP contribution is -1.89. The van der Waals surface area contributed by atoms with Crippen LogP contribution in [0.15, 0.2) is 48.9 Å². The van der Waals surface area contributed by atoms with Gasteiger partial charge in [0.05, 0.1) is 0 Å². The second-order valence-electron chi connectivity index (χ2n) is 4.44. The Balaban J connectivity index is 2.11.